The van der Waals surface area contributed by atoms with E-state index in [0.717, 1.165) is 13.1 Å². The first-order chi connectivity index (χ1) is 7.58. The molecule has 1 atom stereocenters. The maximum Gasteiger partial charge on any atom is 0.0231 e. The predicted molar refractivity (Wildman–Crippen MR) is 70.5 cm³/mol. The van der Waals surface area contributed by atoms with E-state index in [1.165, 1.54) is 5.56 Å². The fourth-order valence-corrected chi connectivity index (χ4v) is 2.05. The van der Waals surface area contributed by atoms with E-state index in [1.54, 1.807) is 0 Å². The van der Waals surface area contributed by atoms with Crippen molar-refractivity contribution in [1.82, 2.24) is 10.2 Å². The van der Waals surface area contributed by atoms with Gasteiger partial charge in [0.1, 0.15) is 0 Å². The van der Waals surface area contributed by atoms with Gasteiger partial charge in [0.05, 0.1) is 0 Å². The second-order valence-corrected chi connectivity index (χ2v) is 4.90. The van der Waals surface area contributed by atoms with Crippen molar-refractivity contribution in [3.8, 4) is 0 Å². The summed E-state index contributed by atoms with van der Waals surface area (Å²) in [4.78, 5) is 2.36. The van der Waals surface area contributed by atoms with E-state index in [0.29, 0.717) is 12.1 Å². The van der Waals surface area contributed by atoms with Crippen LogP contribution in [0.5, 0.6) is 0 Å². The average Bonchev–Trinajstić information content (AvgIpc) is 2.17. The number of nitrogens with zero attached hydrogens (tertiary/aromatic N) is 1. The van der Waals surface area contributed by atoms with Crippen molar-refractivity contribution < 1.29 is 0 Å². The quantitative estimate of drug-likeness (QED) is 0.792. The SMILES string of the molecule is CC(C)NC(C)CN(C)Cc1ccccc1. The van der Waals surface area contributed by atoms with Crippen LogP contribution < -0.4 is 5.32 Å². The molecule has 1 unspecified atom stereocenters. The first-order valence-electron chi connectivity index (χ1n) is 6.06. The van der Waals surface area contributed by atoms with Gasteiger partial charge in [-0.2, -0.15) is 0 Å². The predicted octanol–water partition coefficient (Wildman–Crippen LogP) is 2.50. The van der Waals surface area contributed by atoms with E-state index >= 15 is 0 Å². The molecule has 0 aliphatic carbocycles. The molecular formula is C14H24N2. The number of likely N-dealkylation sites (N-methyl/N-ethyl adjacent to an activating group) is 1. The molecule has 0 fully saturated rings. The summed E-state index contributed by atoms with van der Waals surface area (Å²) < 4.78 is 0. The van der Waals surface area contributed by atoms with Crippen LogP contribution in [0.2, 0.25) is 0 Å². The van der Waals surface area contributed by atoms with Crippen LogP contribution in [0, 0.1) is 0 Å². The lowest BCUT2D eigenvalue weighted by Crippen LogP contribution is -2.40. The van der Waals surface area contributed by atoms with E-state index in [9.17, 15) is 0 Å². The van der Waals surface area contributed by atoms with Crippen molar-refractivity contribution in [3.05, 3.63) is 35.9 Å². The molecule has 0 radical (unpaired) electrons. The van der Waals surface area contributed by atoms with Crippen LogP contribution >= 0.6 is 0 Å². The molecule has 0 saturated heterocycles. The Balaban J connectivity index is 2.33. The summed E-state index contributed by atoms with van der Waals surface area (Å²) in [7, 11) is 2.17. The second-order valence-electron chi connectivity index (χ2n) is 4.90. The number of benzene rings is 1. The van der Waals surface area contributed by atoms with Crippen molar-refractivity contribution in [2.45, 2.75) is 39.4 Å². The lowest BCUT2D eigenvalue weighted by Gasteiger charge is -2.23. The van der Waals surface area contributed by atoms with Crippen molar-refractivity contribution in [1.29, 1.82) is 0 Å². The molecule has 1 aromatic carbocycles. The van der Waals surface area contributed by atoms with Crippen molar-refractivity contribution in [3.63, 3.8) is 0 Å². The Morgan fingerprint density at radius 2 is 1.75 bits per heavy atom. The van der Waals surface area contributed by atoms with Gasteiger partial charge < -0.3 is 10.2 Å². The number of hydrogen-bond donors (Lipinski definition) is 1. The maximum atomic E-state index is 3.52. The minimum Gasteiger partial charge on any atom is -0.311 e. The molecule has 2 heteroatoms. The van der Waals surface area contributed by atoms with Gasteiger partial charge >= 0.3 is 0 Å². The smallest absolute Gasteiger partial charge is 0.0231 e. The molecule has 1 rings (SSSR count). The largest absolute Gasteiger partial charge is 0.311 e. The summed E-state index contributed by atoms with van der Waals surface area (Å²) in [5.74, 6) is 0. The molecule has 0 amide bonds. The summed E-state index contributed by atoms with van der Waals surface area (Å²) in [6.07, 6.45) is 0. The van der Waals surface area contributed by atoms with E-state index in [-0.39, 0.29) is 0 Å². The van der Waals surface area contributed by atoms with Crippen molar-refractivity contribution in [2.75, 3.05) is 13.6 Å². The first kappa shape index (κ1) is 13.2. The Labute approximate surface area is 99.7 Å². The molecule has 0 aromatic heterocycles. The summed E-state index contributed by atoms with van der Waals surface area (Å²) >= 11 is 0. The van der Waals surface area contributed by atoms with Crippen molar-refractivity contribution >= 4 is 0 Å². The minimum absolute atomic E-state index is 0.536. The van der Waals surface area contributed by atoms with Gasteiger partial charge in [-0.25, -0.2) is 0 Å². The third kappa shape index (κ3) is 5.29. The fraction of sp³-hybridized carbons (Fsp3) is 0.571. The Morgan fingerprint density at radius 1 is 1.12 bits per heavy atom. The molecule has 0 spiro atoms. The zero-order chi connectivity index (χ0) is 12.0. The zero-order valence-electron chi connectivity index (χ0n) is 10.9. The number of hydrogen-bond acceptors (Lipinski definition) is 2. The topological polar surface area (TPSA) is 15.3 Å². The molecule has 1 N–H and O–H groups in total. The Bertz CT molecular complexity index is 282. The normalized spacial score (nSPS) is 13.4. The summed E-state index contributed by atoms with van der Waals surface area (Å²) in [5.41, 5.74) is 1.38. The molecule has 0 aliphatic heterocycles. The summed E-state index contributed by atoms with van der Waals surface area (Å²) in [6, 6.07) is 11.7. The van der Waals surface area contributed by atoms with E-state index < -0.39 is 0 Å². The zero-order valence-corrected chi connectivity index (χ0v) is 10.9. The van der Waals surface area contributed by atoms with Crippen LogP contribution in [0.15, 0.2) is 30.3 Å². The van der Waals surface area contributed by atoms with Crippen LogP contribution in [-0.4, -0.2) is 30.6 Å². The monoisotopic (exact) mass is 220 g/mol. The van der Waals surface area contributed by atoms with Crippen LogP contribution in [0.25, 0.3) is 0 Å². The molecule has 2 nitrogen and oxygen atoms in total. The van der Waals surface area contributed by atoms with Gasteiger partial charge in [-0.1, -0.05) is 44.2 Å². The highest BCUT2D eigenvalue weighted by Crippen LogP contribution is 2.03. The number of nitrogens with one attached hydrogen (secondary N) is 1. The van der Waals surface area contributed by atoms with E-state index in [4.69, 9.17) is 0 Å². The molecule has 0 saturated carbocycles. The third-order valence-electron chi connectivity index (χ3n) is 2.50. The van der Waals surface area contributed by atoms with Gasteiger partial charge in [-0.3, -0.25) is 0 Å². The number of rotatable bonds is 6. The van der Waals surface area contributed by atoms with Crippen LogP contribution in [0.3, 0.4) is 0 Å². The van der Waals surface area contributed by atoms with Crippen LogP contribution in [0.1, 0.15) is 26.3 Å². The minimum atomic E-state index is 0.536. The lowest BCUT2D eigenvalue weighted by molar-refractivity contribution is 0.282. The Kier molecular flexibility index (Phi) is 5.50. The summed E-state index contributed by atoms with van der Waals surface area (Å²) in [6.45, 7) is 8.71. The molecular weight excluding hydrogens is 196 g/mol. The molecule has 0 heterocycles. The first-order valence-corrected chi connectivity index (χ1v) is 6.06. The Morgan fingerprint density at radius 3 is 2.31 bits per heavy atom. The van der Waals surface area contributed by atoms with Gasteiger partial charge in [0.2, 0.25) is 0 Å². The fourth-order valence-electron chi connectivity index (χ4n) is 2.05. The lowest BCUT2D eigenvalue weighted by atomic mass is 10.2. The van der Waals surface area contributed by atoms with Crippen LogP contribution in [-0.2, 0) is 6.54 Å². The second kappa shape index (κ2) is 6.66. The average molecular weight is 220 g/mol. The highest BCUT2D eigenvalue weighted by atomic mass is 15.1. The molecule has 0 bridgehead atoms. The molecule has 16 heavy (non-hydrogen) atoms. The van der Waals surface area contributed by atoms with Gasteiger partial charge in [-0.15, -0.1) is 0 Å². The van der Waals surface area contributed by atoms with Crippen LogP contribution in [0.4, 0.5) is 0 Å². The van der Waals surface area contributed by atoms with E-state index in [1.807, 2.05) is 0 Å². The molecule has 90 valence electrons. The molecule has 0 aliphatic rings. The van der Waals surface area contributed by atoms with Gasteiger partial charge in [0, 0.05) is 25.2 Å². The van der Waals surface area contributed by atoms with Gasteiger partial charge in [0.25, 0.3) is 0 Å². The van der Waals surface area contributed by atoms with Crippen molar-refractivity contribution in [2.24, 2.45) is 0 Å². The third-order valence-corrected chi connectivity index (χ3v) is 2.50. The highest BCUT2D eigenvalue weighted by Gasteiger charge is 2.07. The maximum absolute atomic E-state index is 3.52. The standard InChI is InChI=1S/C14H24N2/c1-12(2)15-13(3)10-16(4)11-14-8-6-5-7-9-14/h5-9,12-13,15H,10-11H2,1-4H3. The van der Waals surface area contributed by atoms with E-state index in [2.05, 4.69) is 68.4 Å². The highest BCUT2D eigenvalue weighted by molar-refractivity contribution is 5.14. The summed E-state index contributed by atoms with van der Waals surface area (Å²) in [5, 5.41) is 3.52. The van der Waals surface area contributed by atoms with Gasteiger partial charge in [0.15, 0.2) is 0 Å². The molecule has 1 aromatic rings. The Hall–Kier alpha value is -0.860. The van der Waals surface area contributed by atoms with Gasteiger partial charge in [-0.05, 0) is 19.5 Å².